The maximum Gasteiger partial charge on any atom is 0.271 e. The van der Waals surface area contributed by atoms with E-state index >= 15 is 0 Å². The van der Waals surface area contributed by atoms with Crippen LogP contribution in [0.2, 0.25) is 0 Å². The molecule has 0 fully saturated rings. The Morgan fingerprint density at radius 2 is 2.00 bits per heavy atom. The molecule has 0 saturated carbocycles. The molecule has 0 atom stereocenters. The molecule has 18 heavy (non-hydrogen) atoms. The van der Waals surface area contributed by atoms with Gasteiger partial charge >= 0.3 is 0 Å². The number of nitrogens with one attached hydrogen (secondary N) is 1. The van der Waals surface area contributed by atoms with Gasteiger partial charge in [-0.25, -0.2) is 0 Å². The van der Waals surface area contributed by atoms with Crippen molar-refractivity contribution in [1.82, 2.24) is 15.4 Å². The highest BCUT2D eigenvalue weighted by Gasteiger charge is 2.18. The molecule has 0 spiro atoms. The fourth-order valence-corrected chi connectivity index (χ4v) is 1.79. The number of amides is 1. The van der Waals surface area contributed by atoms with E-state index in [9.17, 15) is 4.79 Å². The number of aromatic nitrogens is 3. The molecule has 92 valence electrons. The molecule has 7 heteroatoms. The molecule has 0 radical (unpaired) electrons. The SMILES string of the molecule is NC(=O)c1n[nH]nc1-c1ccc2c(c1)OCCO2. The molecule has 2 aromatic rings. The van der Waals surface area contributed by atoms with E-state index in [1.165, 1.54) is 0 Å². The first-order chi connectivity index (χ1) is 8.75. The first-order valence-electron chi connectivity index (χ1n) is 5.36. The van der Waals surface area contributed by atoms with Gasteiger partial charge in [-0.1, -0.05) is 0 Å². The van der Waals surface area contributed by atoms with Gasteiger partial charge < -0.3 is 15.2 Å². The van der Waals surface area contributed by atoms with E-state index in [0.717, 1.165) is 0 Å². The summed E-state index contributed by atoms with van der Waals surface area (Å²) in [5, 5.41) is 10.0. The summed E-state index contributed by atoms with van der Waals surface area (Å²) in [6.07, 6.45) is 0. The van der Waals surface area contributed by atoms with Crippen LogP contribution < -0.4 is 15.2 Å². The Morgan fingerprint density at radius 1 is 1.22 bits per heavy atom. The summed E-state index contributed by atoms with van der Waals surface area (Å²) in [7, 11) is 0. The van der Waals surface area contributed by atoms with Crippen LogP contribution in [0.4, 0.5) is 0 Å². The quantitative estimate of drug-likeness (QED) is 0.795. The minimum atomic E-state index is -0.631. The minimum Gasteiger partial charge on any atom is -0.486 e. The van der Waals surface area contributed by atoms with Gasteiger partial charge in [-0.3, -0.25) is 4.79 Å². The predicted molar refractivity (Wildman–Crippen MR) is 61.3 cm³/mol. The van der Waals surface area contributed by atoms with Gasteiger partial charge in [0.25, 0.3) is 5.91 Å². The van der Waals surface area contributed by atoms with Gasteiger partial charge in [0.15, 0.2) is 17.2 Å². The Hall–Kier alpha value is -2.57. The second kappa shape index (κ2) is 4.02. The smallest absolute Gasteiger partial charge is 0.271 e. The zero-order valence-corrected chi connectivity index (χ0v) is 9.34. The molecule has 7 nitrogen and oxygen atoms in total. The van der Waals surface area contributed by atoms with Crippen molar-refractivity contribution in [1.29, 1.82) is 0 Å². The number of hydrogen-bond donors (Lipinski definition) is 2. The van der Waals surface area contributed by atoms with E-state index in [-0.39, 0.29) is 5.69 Å². The van der Waals surface area contributed by atoms with E-state index in [1.807, 2.05) is 0 Å². The third-order valence-electron chi connectivity index (χ3n) is 2.60. The van der Waals surface area contributed by atoms with Crippen molar-refractivity contribution in [2.24, 2.45) is 5.73 Å². The first kappa shape index (κ1) is 10.6. The number of nitrogens with zero attached hydrogens (tertiary/aromatic N) is 2. The number of nitrogens with two attached hydrogens (primary N) is 1. The number of primary amides is 1. The van der Waals surface area contributed by atoms with E-state index in [0.29, 0.717) is 36.0 Å². The Kier molecular flexibility index (Phi) is 2.36. The average molecular weight is 246 g/mol. The highest BCUT2D eigenvalue weighted by Crippen LogP contribution is 2.34. The maximum atomic E-state index is 11.2. The van der Waals surface area contributed by atoms with Crippen molar-refractivity contribution >= 4 is 5.91 Å². The zero-order valence-electron chi connectivity index (χ0n) is 9.34. The highest BCUT2D eigenvalue weighted by atomic mass is 16.6. The molecule has 1 amide bonds. The lowest BCUT2D eigenvalue weighted by atomic mass is 10.1. The summed E-state index contributed by atoms with van der Waals surface area (Å²) < 4.78 is 10.9. The van der Waals surface area contributed by atoms with Gasteiger partial charge in [0.05, 0.1) is 0 Å². The fraction of sp³-hybridized carbons (Fsp3) is 0.182. The van der Waals surface area contributed by atoms with Crippen molar-refractivity contribution in [2.75, 3.05) is 13.2 Å². The summed E-state index contributed by atoms with van der Waals surface area (Å²) in [6.45, 7) is 1.03. The Balaban J connectivity index is 2.06. The topological polar surface area (TPSA) is 103 Å². The van der Waals surface area contributed by atoms with Crippen molar-refractivity contribution in [2.45, 2.75) is 0 Å². The number of H-pyrrole nitrogens is 1. The van der Waals surface area contributed by atoms with Crippen LogP contribution in [0.25, 0.3) is 11.3 Å². The van der Waals surface area contributed by atoms with Gasteiger partial charge in [-0.05, 0) is 18.2 Å². The third-order valence-corrected chi connectivity index (χ3v) is 2.60. The van der Waals surface area contributed by atoms with Crippen LogP contribution in [0.3, 0.4) is 0 Å². The van der Waals surface area contributed by atoms with Gasteiger partial charge in [-0.15, -0.1) is 0 Å². The zero-order chi connectivity index (χ0) is 12.5. The standard InChI is InChI=1S/C11H10N4O3/c12-11(16)10-9(13-15-14-10)6-1-2-7-8(5-6)18-4-3-17-7/h1-2,5H,3-4H2,(H2,12,16)(H,13,14,15). The number of benzene rings is 1. The number of carbonyl (C=O) groups is 1. The van der Waals surface area contributed by atoms with E-state index in [1.54, 1.807) is 18.2 Å². The predicted octanol–water partition coefficient (Wildman–Crippen LogP) is 0.342. The van der Waals surface area contributed by atoms with Crippen LogP contribution in [-0.4, -0.2) is 34.5 Å². The fourth-order valence-electron chi connectivity index (χ4n) is 1.79. The molecule has 1 aliphatic rings. The van der Waals surface area contributed by atoms with Crippen molar-refractivity contribution in [3.63, 3.8) is 0 Å². The highest BCUT2D eigenvalue weighted by molar-refractivity contribution is 5.96. The van der Waals surface area contributed by atoms with Crippen LogP contribution in [-0.2, 0) is 0 Å². The second-order valence-corrected chi connectivity index (χ2v) is 3.74. The lowest BCUT2D eigenvalue weighted by Gasteiger charge is -2.18. The lowest BCUT2D eigenvalue weighted by molar-refractivity contribution is 0.0996. The number of aromatic amines is 1. The number of fused-ring (bicyclic) bond motifs is 1. The molecule has 1 aromatic carbocycles. The molecule has 0 saturated heterocycles. The molecule has 3 N–H and O–H groups in total. The molecular weight excluding hydrogens is 236 g/mol. The van der Waals surface area contributed by atoms with Gasteiger partial charge in [0.1, 0.15) is 18.9 Å². The van der Waals surface area contributed by atoms with E-state index < -0.39 is 5.91 Å². The van der Waals surface area contributed by atoms with Crippen molar-refractivity contribution in [3.8, 4) is 22.8 Å². The molecule has 0 bridgehead atoms. The normalized spacial score (nSPS) is 13.3. The summed E-state index contributed by atoms with van der Waals surface area (Å²) in [5.41, 5.74) is 6.42. The molecule has 0 unspecified atom stereocenters. The van der Waals surface area contributed by atoms with Crippen LogP contribution in [0.1, 0.15) is 10.5 Å². The average Bonchev–Trinajstić information content (AvgIpc) is 2.87. The van der Waals surface area contributed by atoms with E-state index in [2.05, 4.69) is 15.4 Å². The monoisotopic (exact) mass is 246 g/mol. The lowest BCUT2D eigenvalue weighted by Crippen LogP contribution is -2.15. The van der Waals surface area contributed by atoms with Crippen LogP contribution in [0.15, 0.2) is 18.2 Å². The second-order valence-electron chi connectivity index (χ2n) is 3.74. The number of ether oxygens (including phenoxy) is 2. The summed E-state index contributed by atoms with van der Waals surface area (Å²) in [4.78, 5) is 11.2. The number of rotatable bonds is 2. The number of hydrogen-bond acceptors (Lipinski definition) is 5. The van der Waals surface area contributed by atoms with Crippen LogP contribution >= 0.6 is 0 Å². The van der Waals surface area contributed by atoms with Crippen molar-refractivity contribution in [3.05, 3.63) is 23.9 Å². The number of carbonyl (C=O) groups excluding carboxylic acids is 1. The van der Waals surface area contributed by atoms with Gasteiger partial charge in [-0.2, -0.15) is 15.4 Å². The molecule has 1 aliphatic heterocycles. The van der Waals surface area contributed by atoms with Crippen LogP contribution in [0.5, 0.6) is 11.5 Å². The Morgan fingerprint density at radius 3 is 2.78 bits per heavy atom. The molecular formula is C11H10N4O3. The molecule has 0 aliphatic carbocycles. The Labute approximate surface area is 102 Å². The van der Waals surface area contributed by atoms with E-state index in [4.69, 9.17) is 15.2 Å². The van der Waals surface area contributed by atoms with Crippen LogP contribution in [0, 0.1) is 0 Å². The molecule has 3 rings (SSSR count). The summed E-state index contributed by atoms with van der Waals surface area (Å²) in [5.74, 6) is 0.667. The molecule has 2 heterocycles. The first-order valence-corrected chi connectivity index (χ1v) is 5.36. The third kappa shape index (κ3) is 1.65. The Bertz CT molecular complexity index is 608. The minimum absolute atomic E-state index is 0.103. The maximum absolute atomic E-state index is 11.2. The summed E-state index contributed by atoms with van der Waals surface area (Å²) >= 11 is 0. The largest absolute Gasteiger partial charge is 0.486 e. The summed E-state index contributed by atoms with van der Waals surface area (Å²) in [6, 6.07) is 5.29. The van der Waals surface area contributed by atoms with Crippen molar-refractivity contribution < 1.29 is 14.3 Å². The van der Waals surface area contributed by atoms with Gasteiger partial charge in [0, 0.05) is 5.56 Å². The van der Waals surface area contributed by atoms with Gasteiger partial charge in [0.2, 0.25) is 0 Å². The molecule has 1 aromatic heterocycles.